The van der Waals surface area contributed by atoms with Gasteiger partial charge in [-0.15, -0.1) is 0 Å². The predicted molar refractivity (Wildman–Crippen MR) is 376 cm³/mol. The van der Waals surface area contributed by atoms with Gasteiger partial charge in [0.2, 0.25) is 0 Å². The zero-order valence-electron chi connectivity index (χ0n) is 59.1. The summed E-state index contributed by atoms with van der Waals surface area (Å²) in [5.41, 5.74) is 11.6. The lowest BCUT2D eigenvalue weighted by Crippen LogP contribution is -2.28. The minimum atomic E-state index is -2.70. The van der Waals surface area contributed by atoms with Crippen LogP contribution in [0.15, 0.2) is 133 Å². The van der Waals surface area contributed by atoms with Gasteiger partial charge in [-0.05, 0) is 199 Å². The fraction of sp³-hybridized carbons (Fsp3) is 0.395. The second kappa shape index (κ2) is 53.6. The Morgan fingerprint density at radius 2 is 0.813 bits per heavy atom. The van der Waals surface area contributed by atoms with Gasteiger partial charge in [-0.25, -0.2) is 0 Å². The van der Waals surface area contributed by atoms with Gasteiger partial charge in [0.1, 0.15) is 41.4 Å². The highest BCUT2D eigenvalue weighted by Gasteiger charge is 2.20. The van der Waals surface area contributed by atoms with Crippen molar-refractivity contribution in [2.75, 3.05) is 26.9 Å². The van der Waals surface area contributed by atoms with Crippen molar-refractivity contribution in [2.24, 2.45) is 0 Å². The molecule has 0 atom stereocenters. The minimum Gasteiger partial charge on any atom is -0.508 e. The number of aliphatic hydroxyl groups is 2. The number of ketones is 4. The van der Waals surface area contributed by atoms with E-state index in [0.717, 1.165) is 105 Å². The van der Waals surface area contributed by atoms with Gasteiger partial charge in [0.15, 0.2) is 23.1 Å². The topological polar surface area (TPSA) is 220 Å². The van der Waals surface area contributed by atoms with Crippen LogP contribution in [0.3, 0.4) is 0 Å². The third-order valence-electron chi connectivity index (χ3n) is 12.6. The number of aldehydes is 2. The summed E-state index contributed by atoms with van der Waals surface area (Å²) in [7, 11) is -3.16. The molecule has 91 heavy (non-hydrogen) atoms. The molecule has 5 aromatic rings. The second-order valence-electron chi connectivity index (χ2n) is 21.2. The van der Waals surface area contributed by atoms with Crippen LogP contribution in [0.1, 0.15) is 207 Å². The molecule has 15 heteroatoms. The first-order valence-corrected chi connectivity index (χ1v) is 30.6. The molecule has 4 N–H and O–H groups in total. The Kier molecular flexibility index (Phi) is 47.6. The summed E-state index contributed by atoms with van der Waals surface area (Å²) in [6.45, 7) is 31.1. The maximum absolute atomic E-state index is 12.0. The Bertz CT molecular complexity index is 3100. The quantitative estimate of drug-likeness (QED) is 0.00731. The zero-order valence-corrected chi connectivity index (χ0v) is 56.1. The van der Waals surface area contributed by atoms with E-state index < -0.39 is 20.1 Å². The summed E-state index contributed by atoms with van der Waals surface area (Å²) in [6.07, 6.45) is 23.7. The summed E-state index contributed by atoms with van der Waals surface area (Å²) in [5.74, 6) is -1.28. The molecule has 14 nitrogen and oxygen atoms in total. The number of aliphatic hydroxyl groups excluding tert-OH is 2. The van der Waals surface area contributed by atoms with E-state index in [-0.39, 0.29) is 60.0 Å². The molecule has 0 spiro atoms. The van der Waals surface area contributed by atoms with Crippen LogP contribution in [0.2, 0.25) is 0 Å². The highest BCUT2D eigenvalue weighted by Crippen LogP contribution is 2.27. The van der Waals surface area contributed by atoms with Crippen molar-refractivity contribution in [1.82, 2.24) is 0 Å². The van der Waals surface area contributed by atoms with E-state index in [4.69, 9.17) is 27.9 Å². The van der Waals surface area contributed by atoms with Crippen molar-refractivity contribution in [2.45, 2.75) is 175 Å². The molecule has 0 amide bonds. The third kappa shape index (κ3) is 45.6. The molecule has 5 aromatic carbocycles. The molecule has 0 aliphatic heterocycles. The normalized spacial score (nSPS) is 11.2. The van der Waals surface area contributed by atoms with Crippen molar-refractivity contribution in [3.05, 3.63) is 200 Å². The number of allylic oxidation sites excluding steroid dienone is 5. The fourth-order valence-corrected chi connectivity index (χ4v) is 6.90. The van der Waals surface area contributed by atoms with Gasteiger partial charge in [-0.2, -0.15) is 0 Å². The van der Waals surface area contributed by atoms with Crippen LogP contribution in [-0.4, -0.2) is 90.3 Å². The lowest BCUT2D eigenvalue weighted by molar-refractivity contribution is -0.124. The van der Waals surface area contributed by atoms with E-state index in [1.165, 1.54) is 122 Å². The van der Waals surface area contributed by atoms with Crippen molar-refractivity contribution in [1.29, 1.82) is 0 Å². The molecule has 0 fully saturated rings. The maximum Gasteiger partial charge on any atom is 0.639 e. The summed E-state index contributed by atoms with van der Waals surface area (Å²) in [6, 6.07) is 26.4. The van der Waals surface area contributed by atoms with Gasteiger partial charge in [-0.3, -0.25) is 28.8 Å². The number of methoxy groups -OCH3 is 1. The van der Waals surface area contributed by atoms with E-state index in [2.05, 4.69) is 41.5 Å². The Balaban J connectivity index is -0.00000110. The van der Waals surface area contributed by atoms with E-state index in [9.17, 15) is 44.1 Å². The summed E-state index contributed by atoms with van der Waals surface area (Å²) < 4.78 is 42.6. The van der Waals surface area contributed by atoms with Gasteiger partial charge in [0, 0.05) is 43.1 Å². The molecule has 0 aromatic heterocycles. The van der Waals surface area contributed by atoms with Crippen LogP contribution in [0.25, 0.3) is 18.2 Å². The summed E-state index contributed by atoms with van der Waals surface area (Å²) >= 11 is 0. The lowest BCUT2D eigenvalue weighted by Gasteiger charge is -2.14. The van der Waals surface area contributed by atoms with Gasteiger partial charge < -0.3 is 39.1 Å². The number of carbonyl (C=O) groups is 6. The molecule has 0 saturated heterocycles. The predicted octanol–water partition coefficient (Wildman–Crippen LogP) is 18.5. The molecule has 0 radical (unpaired) electrons. The number of aromatic hydroxyl groups is 2. The van der Waals surface area contributed by atoms with Crippen molar-refractivity contribution in [3.8, 4) is 17.2 Å². The summed E-state index contributed by atoms with van der Waals surface area (Å²) in [5, 5.41) is 38.0. The first kappa shape index (κ1) is 80.8. The Labute approximate surface area is 550 Å². The highest BCUT2D eigenvalue weighted by molar-refractivity contribution is 6.36. The van der Waals surface area contributed by atoms with Crippen LogP contribution < -0.4 is 4.74 Å². The number of benzene rings is 5. The molecule has 498 valence electrons. The van der Waals surface area contributed by atoms with Gasteiger partial charge in [0.25, 0.3) is 0 Å². The Hall–Kier alpha value is -8.24. The number of aryl methyl sites for hydroxylation is 7. The molecule has 5 rings (SSSR count). The first-order valence-electron chi connectivity index (χ1n) is 32.1. The SMILES string of the molecule is C.CC(=O)/C=C(O)/C=C/c1ccc(C)c(C)c1.CC(=O)CC(C)=O.CCCCC.CCCCOB(OCCCC)OCCCC.Cc1cc(C=O)ccc1O.Cc1ccc(C=O)cc1C.[2H]C([2H])([2H])Oc1cc(/C=C/C(=O)/C=C(O)/C=C/c2ccc(C)c(C)c2)ccc1O. The number of carbonyl (C=O) groups excluding carboxylic acids is 6. The number of rotatable bonds is 27. The second-order valence-corrected chi connectivity index (χ2v) is 21.2. The van der Waals surface area contributed by atoms with E-state index in [1.54, 1.807) is 31.2 Å². The molecule has 0 aliphatic carbocycles. The van der Waals surface area contributed by atoms with Gasteiger partial charge >= 0.3 is 7.32 Å². The maximum atomic E-state index is 12.0. The average Bonchev–Trinajstić information content (AvgIpc) is 1.35. The number of phenols is 2. The number of unbranched alkanes of at least 4 members (excludes halogenated alkanes) is 5. The third-order valence-corrected chi connectivity index (χ3v) is 12.6. The van der Waals surface area contributed by atoms with Crippen LogP contribution in [-0.2, 0) is 33.1 Å². The van der Waals surface area contributed by atoms with E-state index in [0.29, 0.717) is 11.1 Å². The molecule has 0 bridgehead atoms. The van der Waals surface area contributed by atoms with Crippen LogP contribution in [0.4, 0.5) is 0 Å². The molecule has 0 heterocycles. The van der Waals surface area contributed by atoms with Crippen LogP contribution in [0, 0.1) is 48.5 Å². The lowest BCUT2D eigenvalue weighted by atomic mass is 10.1. The average molecular weight is 1260 g/mol. The zero-order chi connectivity index (χ0) is 70.9. The number of hydrogen-bond donors (Lipinski definition) is 4. The summed E-state index contributed by atoms with van der Waals surface area (Å²) in [4.78, 5) is 63.2. The number of phenolic OH excluding ortho intramolecular Hbond substituents is 2. The van der Waals surface area contributed by atoms with Gasteiger partial charge in [-0.1, -0.05) is 153 Å². The van der Waals surface area contributed by atoms with Crippen molar-refractivity contribution >= 4 is 61.3 Å². The molecule has 0 aliphatic rings. The van der Waals surface area contributed by atoms with Gasteiger partial charge in [0.05, 0.1) is 17.6 Å². The van der Waals surface area contributed by atoms with E-state index in [1.807, 2.05) is 89.2 Å². The molecule has 0 saturated carbocycles. The first-order chi connectivity index (χ1) is 43.9. The van der Waals surface area contributed by atoms with Crippen LogP contribution >= 0.6 is 0 Å². The molecular weight excluding hydrogens is 1150 g/mol. The fourth-order valence-electron chi connectivity index (χ4n) is 6.90. The van der Waals surface area contributed by atoms with Crippen molar-refractivity contribution < 1.29 is 72.0 Å². The minimum absolute atomic E-state index is 0. The number of hydrogen-bond acceptors (Lipinski definition) is 14. The monoisotopic (exact) mass is 1260 g/mol. The van der Waals surface area contributed by atoms with Crippen molar-refractivity contribution in [3.63, 3.8) is 0 Å². The Morgan fingerprint density at radius 1 is 0.462 bits per heavy atom. The largest absolute Gasteiger partial charge is 0.639 e. The standard InChI is InChI=1S/C22H22O4.C14H16O2.C12H27BO3.C9H10O.C8H8O2.C5H8O2.C5H12.CH4/c1-15-4-5-17(12-16(15)2)6-9-19(23)14-20(24)10-7-18-8-11-21(25)22(13-18)26-3;1-10-4-5-13(8-11(10)2)6-7-14(16)9-12(3)15;1-4-7-10-14-13(15-11-8-5-2)16-12-9-6-3;1-7-3-4-9(6-10)5-8(7)2;1-6-4-7(5-9)2-3-8(6)10;1-4(6)3-5(2)7;1-3-5-4-2;/h4-14,23,25H,1-3H3;4-9,16H,1-3H3;4-12H2,1-3H3;3-6H,1-2H3;2-5,10H,1H3;3H2,1-2H3;3-5H2,1-2H3;1H4/b9-6+,10-7+,19-14-;7-6+,14-9-;;;;;;/i3D3;;;;;;;. The number of Topliss-reactive ketones (excluding diaryl/α,β-unsaturated/α-hetero) is 2. The highest BCUT2D eigenvalue weighted by atomic mass is 16.7. The number of ether oxygens (including phenoxy) is 1. The Morgan fingerprint density at radius 3 is 1.16 bits per heavy atom. The van der Waals surface area contributed by atoms with E-state index >= 15 is 0 Å². The molecule has 0 unspecified atom stereocenters. The van der Waals surface area contributed by atoms with Crippen LogP contribution in [0.5, 0.6) is 17.2 Å². The smallest absolute Gasteiger partial charge is 0.508 e. The molecular formula is C76H107BO14.